The second kappa shape index (κ2) is 7.26. The Kier molecular flexibility index (Phi) is 4.45. The van der Waals surface area contributed by atoms with Gasteiger partial charge in [0.15, 0.2) is 0 Å². The Labute approximate surface area is 171 Å². The summed E-state index contributed by atoms with van der Waals surface area (Å²) in [6.07, 6.45) is 2.60. The summed E-state index contributed by atoms with van der Waals surface area (Å²) in [5, 5.41) is 4.42. The molecule has 0 unspecified atom stereocenters. The maximum atomic E-state index is 14.7. The molecule has 0 amide bonds. The number of pyridine rings is 1. The Hall–Kier alpha value is -3.31. The molecule has 0 aliphatic rings. The monoisotopic (exact) mass is 399 g/mol. The summed E-state index contributed by atoms with van der Waals surface area (Å²) < 4.78 is 15.8. The van der Waals surface area contributed by atoms with Gasteiger partial charge in [0.1, 0.15) is 5.82 Å². The molecule has 142 valence electrons. The molecular formula is C24H18FN3S. The molecule has 0 spiro atoms. The Morgan fingerprint density at radius 2 is 1.86 bits per heavy atom. The van der Waals surface area contributed by atoms with Crippen molar-refractivity contribution in [2.24, 2.45) is 0 Å². The highest BCUT2D eigenvalue weighted by molar-refractivity contribution is 7.16. The highest BCUT2D eigenvalue weighted by atomic mass is 32.1. The van der Waals surface area contributed by atoms with Gasteiger partial charge in [-0.15, -0.1) is 11.3 Å². The van der Waals surface area contributed by atoms with Crippen LogP contribution in [0.4, 0.5) is 15.8 Å². The number of nitrogens with zero attached hydrogens (tertiary/aromatic N) is 2. The van der Waals surface area contributed by atoms with Crippen LogP contribution in [0.1, 0.15) is 12.5 Å². The van der Waals surface area contributed by atoms with Gasteiger partial charge in [-0.05, 0) is 60.0 Å². The summed E-state index contributed by atoms with van der Waals surface area (Å²) in [6.45, 7) is 2.02. The molecule has 0 fully saturated rings. The molecule has 3 aromatic carbocycles. The van der Waals surface area contributed by atoms with Crippen molar-refractivity contribution in [1.29, 1.82) is 0 Å². The third kappa shape index (κ3) is 3.34. The molecule has 29 heavy (non-hydrogen) atoms. The first kappa shape index (κ1) is 17.8. The molecule has 5 heteroatoms. The first-order valence-electron chi connectivity index (χ1n) is 9.49. The summed E-state index contributed by atoms with van der Waals surface area (Å²) in [4.78, 5) is 8.85. The molecule has 5 aromatic rings. The van der Waals surface area contributed by atoms with Crippen LogP contribution in [0.15, 0.2) is 72.4 Å². The molecule has 1 N–H and O–H groups in total. The Morgan fingerprint density at radius 1 is 0.931 bits per heavy atom. The van der Waals surface area contributed by atoms with Gasteiger partial charge >= 0.3 is 0 Å². The van der Waals surface area contributed by atoms with E-state index in [2.05, 4.69) is 21.4 Å². The average Bonchev–Trinajstić information content (AvgIpc) is 3.21. The van der Waals surface area contributed by atoms with Crippen LogP contribution in [0.2, 0.25) is 0 Å². The van der Waals surface area contributed by atoms with Crippen molar-refractivity contribution in [1.82, 2.24) is 9.97 Å². The molecule has 0 atom stereocenters. The lowest BCUT2D eigenvalue weighted by molar-refractivity contribution is 0.629. The van der Waals surface area contributed by atoms with Crippen molar-refractivity contribution in [3.63, 3.8) is 0 Å². The van der Waals surface area contributed by atoms with Gasteiger partial charge in [0.2, 0.25) is 0 Å². The molecule has 2 heterocycles. The predicted octanol–water partition coefficient (Wildman–Crippen LogP) is 6.96. The molecule has 0 saturated carbocycles. The van der Waals surface area contributed by atoms with Crippen molar-refractivity contribution >= 4 is 43.8 Å². The second-order valence-electron chi connectivity index (χ2n) is 6.92. The standard InChI is InChI=1S/C24H18FN3S/c1-2-15-3-6-18(20(25)11-15)16-4-7-21-19(12-16)22(9-10-26-21)28-17-5-8-24-23(13-17)27-14-29-24/h3-14H,2H2,1H3,(H,26,28). The van der Waals surface area contributed by atoms with Crippen molar-refractivity contribution < 1.29 is 4.39 Å². The van der Waals surface area contributed by atoms with E-state index in [1.165, 1.54) is 0 Å². The maximum absolute atomic E-state index is 14.7. The summed E-state index contributed by atoms with van der Waals surface area (Å²) >= 11 is 1.62. The molecule has 0 aliphatic heterocycles. The largest absolute Gasteiger partial charge is 0.355 e. The predicted molar refractivity (Wildman–Crippen MR) is 119 cm³/mol. The van der Waals surface area contributed by atoms with Gasteiger partial charge in [-0.25, -0.2) is 9.37 Å². The van der Waals surface area contributed by atoms with Crippen LogP contribution >= 0.6 is 11.3 Å². The van der Waals surface area contributed by atoms with Gasteiger partial charge in [-0.1, -0.05) is 25.1 Å². The number of aromatic nitrogens is 2. The van der Waals surface area contributed by atoms with Crippen LogP contribution in [0.3, 0.4) is 0 Å². The third-order valence-corrected chi connectivity index (χ3v) is 5.91. The number of benzene rings is 3. The molecule has 0 radical (unpaired) electrons. The normalized spacial score (nSPS) is 11.2. The number of halogens is 1. The van der Waals surface area contributed by atoms with Crippen LogP contribution in [-0.4, -0.2) is 9.97 Å². The molecule has 0 bridgehead atoms. The van der Waals surface area contributed by atoms with E-state index in [1.807, 2.05) is 61.0 Å². The zero-order chi connectivity index (χ0) is 19.8. The summed E-state index contributed by atoms with van der Waals surface area (Å²) in [5.74, 6) is -0.198. The fourth-order valence-electron chi connectivity index (χ4n) is 3.53. The molecule has 0 saturated heterocycles. The van der Waals surface area contributed by atoms with Crippen LogP contribution < -0.4 is 5.32 Å². The van der Waals surface area contributed by atoms with E-state index in [4.69, 9.17) is 0 Å². The maximum Gasteiger partial charge on any atom is 0.131 e. The van der Waals surface area contributed by atoms with E-state index in [0.717, 1.165) is 50.0 Å². The third-order valence-electron chi connectivity index (χ3n) is 5.10. The molecule has 5 rings (SSSR count). The summed E-state index contributed by atoms with van der Waals surface area (Å²) in [5.41, 5.74) is 7.99. The number of nitrogens with one attached hydrogen (secondary N) is 1. The summed E-state index contributed by atoms with van der Waals surface area (Å²) in [7, 11) is 0. The van der Waals surface area contributed by atoms with E-state index in [1.54, 1.807) is 23.6 Å². The fraction of sp³-hybridized carbons (Fsp3) is 0.0833. The lowest BCUT2D eigenvalue weighted by Crippen LogP contribution is -1.94. The van der Waals surface area contributed by atoms with E-state index in [9.17, 15) is 4.39 Å². The summed E-state index contributed by atoms with van der Waals surface area (Å²) in [6, 6.07) is 19.4. The number of hydrogen-bond donors (Lipinski definition) is 1. The van der Waals surface area contributed by atoms with E-state index < -0.39 is 0 Å². The lowest BCUT2D eigenvalue weighted by Gasteiger charge is -2.12. The Balaban J connectivity index is 1.58. The minimum atomic E-state index is -0.198. The lowest BCUT2D eigenvalue weighted by atomic mass is 10.00. The minimum absolute atomic E-state index is 0.198. The highest BCUT2D eigenvalue weighted by Gasteiger charge is 2.10. The van der Waals surface area contributed by atoms with Crippen molar-refractivity contribution in [3.05, 3.63) is 83.8 Å². The zero-order valence-corrected chi connectivity index (χ0v) is 16.6. The number of fused-ring (bicyclic) bond motifs is 2. The number of rotatable bonds is 4. The second-order valence-corrected chi connectivity index (χ2v) is 7.80. The van der Waals surface area contributed by atoms with Crippen molar-refractivity contribution in [2.75, 3.05) is 5.32 Å². The van der Waals surface area contributed by atoms with Gasteiger partial charge in [0, 0.05) is 28.5 Å². The van der Waals surface area contributed by atoms with Gasteiger partial charge in [0.25, 0.3) is 0 Å². The molecule has 2 aromatic heterocycles. The van der Waals surface area contributed by atoms with Crippen LogP contribution in [0, 0.1) is 5.82 Å². The molecule has 0 aliphatic carbocycles. The molecule has 3 nitrogen and oxygen atoms in total. The zero-order valence-electron chi connectivity index (χ0n) is 15.8. The van der Waals surface area contributed by atoms with Crippen molar-refractivity contribution in [3.8, 4) is 11.1 Å². The number of aryl methyl sites for hydroxylation is 1. The first-order valence-corrected chi connectivity index (χ1v) is 10.4. The smallest absolute Gasteiger partial charge is 0.131 e. The average molecular weight is 399 g/mol. The Bertz CT molecular complexity index is 1340. The van der Waals surface area contributed by atoms with E-state index >= 15 is 0 Å². The van der Waals surface area contributed by atoms with Crippen LogP contribution in [-0.2, 0) is 6.42 Å². The van der Waals surface area contributed by atoms with Gasteiger partial charge in [-0.3, -0.25) is 4.98 Å². The minimum Gasteiger partial charge on any atom is -0.355 e. The van der Waals surface area contributed by atoms with Crippen molar-refractivity contribution in [2.45, 2.75) is 13.3 Å². The van der Waals surface area contributed by atoms with E-state index in [-0.39, 0.29) is 5.82 Å². The Morgan fingerprint density at radius 3 is 2.72 bits per heavy atom. The number of hydrogen-bond acceptors (Lipinski definition) is 4. The fourth-order valence-corrected chi connectivity index (χ4v) is 4.19. The van der Waals surface area contributed by atoms with E-state index in [0.29, 0.717) is 5.56 Å². The van der Waals surface area contributed by atoms with Crippen LogP contribution in [0.25, 0.3) is 32.2 Å². The molecular weight excluding hydrogens is 381 g/mol. The van der Waals surface area contributed by atoms with Gasteiger partial charge in [0.05, 0.1) is 21.2 Å². The van der Waals surface area contributed by atoms with Gasteiger partial charge in [-0.2, -0.15) is 0 Å². The quantitative estimate of drug-likeness (QED) is 0.355. The first-order chi connectivity index (χ1) is 14.2. The SMILES string of the molecule is CCc1ccc(-c2ccc3nccc(Nc4ccc5scnc5c4)c3c2)c(F)c1. The topological polar surface area (TPSA) is 37.8 Å². The number of thiazole rings is 1. The highest BCUT2D eigenvalue weighted by Crippen LogP contribution is 2.32. The van der Waals surface area contributed by atoms with Gasteiger partial charge < -0.3 is 5.32 Å². The number of anilines is 2. The van der Waals surface area contributed by atoms with Crippen LogP contribution in [0.5, 0.6) is 0 Å².